The fraction of sp³-hybridized carbons (Fsp3) is 0.385. The van der Waals surface area contributed by atoms with Crippen LogP contribution in [0.5, 0.6) is 0 Å². The number of amides is 2. The van der Waals surface area contributed by atoms with Gasteiger partial charge in [-0.3, -0.25) is 9.59 Å². The Labute approximate surface area is 114 Å². The van der Waals surface area contributed by atoms with Gasteiger partial charge in [-0.15, -0.1) is 0 Å². The Morgan fingerprint density at radius 3 is 2.16 bits per heavy atom. The maximum atomic E-state index is 11.5. The minimum absolute atomic E-state index is 0.0760. The van der Waals surface area contributed by atoms with Crippen molar-refractivity contribution in [3.8, 4) is 0 Å². The van der Waals surface area contributed by atoms with Crippen LogP contribution in [0.4, 0.5) is 10.5 Å². The zero-order chi connectivity index (χ0) is 13.8. The summed E-state index contributed by atoms with van der Waals surface area (Å²) in [6.45, 7) is 3.18. The van der Waals surface area contributed by atoms with Gasteiger partial charge in [0.1, 0.15) is 0 Å². The lowest BCUT2D eigenvalue weighted by Crippen LogP contribution is -2.48. The first-order valence-electron chi connectivity index (χ1n) is 6.44. The molecule has 0 spiro atoms. The van der Waals surface area contributed by atoms with Gasteiger partial charge in [0.25, 0.3) is 5.91 Å². The van der Waals surface area contributed by atoms with Crippen LogP contribution in [-0.2, 0) is 0 Å². The van der Waals surface area contributed by atoms with E-state index in [2.05, 4.69) is 10.2 Å². The number of hydrogen-bond acceptors (Lipinski definition) is 3. The molecule has 1 aliphatic rings. The predicted molar refractivity (Wildman–Crippen MR) is 77.6 cm³/mol. The van der Waals surface area contributed by atoms with Crippen LogP contribution in [-0.4, -0.2) is 57.7 Å². The SMILES string of the molecule is BC(=O)N1CCN(c2ccc(C(=O)NC)cc2)CC1. The summed E-state index contributed by atoms with van der Waals surface area (Å²) in [4.78, 5) is 26.8. The third kappa shape index (κ3) is 3.07. The van der Waals surface area contributed by atoms with Crippen molar-refractivity contribution in [3.63, 3.8) is 0 Å². The van der Waals surface area contributed by atoms with Crippen molar-refractivity contribution in [1.82, 2.24) is 10.2 Å². The Bertz CT molecular complexity index is 467. The molecule has 0 radical (unpaired) electrons. The lowest BCUT2D eigenvalue weighted by molar-refractivity contribution is 0.0963. The van der Waals surface area contributed by atoms with Crippen molar-refractivity contribution in [3.05, 3.63) is 29.8 Å². The van der Waals surface area contributed by atoms with Crippen molar-refractivity contribution in [2.45, 2.75) is 0 Å². The van der Waals surface area contributed by atoms with Crippen LogP contribution in [0.2, 0.25) is 0 Å². The van der Waals surface area contributed by atoms with Gasteiger partial charge in [-0.1, -0.05) is 0 Å². The van der Waals surface area contributed by atoms with E-state index in [9.17, 15) is 9.59 Å². The smallest absolute Gasteiger partial charge is 0.251 e. The summed E-state index contributed by atoms with van der Waals surface area (Å²) in [5.41, 5.74) is 1.75. The van der Waals surface area contributed by atoms with E-state index in [1.165, 1.54) is 0 Å². The molecule has 0 bridgehead atoms. The highest BCUT2D eigenvalue weighted by Crippen LogP contribution is 2.17. The van der Waals surface area contributed by atoms with Crippen molar-refractivity contribution in [2.24, 2.45) is 0 Å². The quantitative estimate of drug-likeness (QED) is 0.756. The second kappa shape index (κ2) is 5.78. The van der Waals surface area contributed by atoms with Crippen molar-refractivity contribution in [2.75, 3.05) is 38.1 Å². The molecule has 6 heteroatoms. The molecule has 0 aromatic heterocycles. The van der Waals surface area contributed by atoms with Gasteiger partial charge in [0, 0.05) is 44.5 Å². The molecule has 1 heterocycles. The second-order valence-corrected chi connectivity index (χ2v) is 4.62. The summed E-state index contributed by atoms with van der Waals surface area (Å²) >= 11 is 0. The third-order valence-electron chi connectivity index (χ3n) is 3.45. The normalized spacial score (nSPS) is 15.2. The molecule has 1 fully saturated rings. The first-order valence-corrected chi connectivity index (χ1v) is 6.44. The molecular weight excluding hydrogens is 241 g/mol. The van der Waals surface area contributed by atoms with Crippen LogP contribution in [0.3, 0.4) is 0 Å². The largest absolute Gasteiger partial charge is 0.368 e. The number of rotatable bonds is 2. The molecule has 1 aliphatic heterocycles. The monoisotopic (exact) mass is 259 g/mol. The van der Waals surface area contributed by atoms with Gasteiger partial charge in [0.2, 0.25) is 7.85 Å². The first kappa shape index (κ1) is 13.5. The van der Waals surface area contributed by atoms with E-state index in [0.29, 0.717) is 5.56 Å². The molecule has 19 heavy (non-hydrogen) atoms. The molecule has 0 unspecified atom stereocenters. The summed E-state index contributed by atoms with van der Waals surface area (Å²) < 4.78 is 0. The molecule has 1 aromatic carbocycles. The number of nitrogens with one attached hydrogen (secondary N) is 1. The molecule has 5 nitrogen and oxygen atoms in total. The van der Waals surface area contributed by atoms with Crippen LogP contribution < -0.4 is 10.2 Å². The number of nitrogens with zero attached hydrogens (tertiary/aromatic N) is 2. The maximum Gasteiger partial charge on any atom is 0.251 e. The topological polar surface area (TPSA) is 52.7 Å². The summed E-state index contributed by atoms with van der Waals surface area (Å²) in [7, 11) is 3.23. The average molecular weight is 259 g/mol. The van der Waals surface area contributed by atoms with Crippen LogP contribution in [0, 0.1) is 0 Å². The molecular formula is C13H18BN3O2. The average Bonchev–Trinajstić information content (AvgIpc) is 2.46. The van der Waals surface area contributed by atoms with Gasteiger partial charge in [-0.2, -0.15) is 0 Å². The van der Waals surface area contributed by atoms with Crippen molar-refractivity contribution in [1.29, 1.82) is 0 Å². The van der Waals surface area contributed by atoms with E-state index in [4.69, 9.17) is 0 Å². The van der Waals surface area contributed by atoms with Crippen molar-refractivity contribution < 1.29 is 9.59 Å². The third-order valence-corrected chi connectivity index (χ3v) is 3.45. The fourth-order valence-corrected chi connectivity index (χ4v) is 2.25. The van der Waals surface area contributed by atoms with Crippen LogP contribution in [0.25, 0.3) is 0 Å². The zero-order valence-electron chi connectivity index (χ0n) is 11.3. The number of benzene rings is 1. The summed E-state index contributed by atoms with van der Waals surface area (Å²) in [5, 5.41) is 2.60. The molecule has 2 rings (SSSR count). The second-order valence-electron chi connectivity index (χ2n) is 4.62. The van der Waals surface area contributed by atoms with E-state index >= 15 is 0 Å². The molecule has 2 amide bonds. The number of anilines is 1. The highest BCUT2D eigenvalue weighted by atomic mass is 16.2. The number of carbonyl (C=O) groups excluding carboxylic acids is 2. The summed E-state index contributed by atoms with van der Waals surface area (Å²) in [6.07, 6.45) is 0. The Hall–Kier alpha value is -1.98. The van der Waals surface area contributed by atoms with Crippen LogP contribution >= 0.6 is 0 Å². The summed E-state index contributed by atoms with van der Waals surface area (Å²) in [6, 6.07) is 7.55. The molecule has 1 aromatic rings. The Balaban J connectivity index is 2.00. The van der Waals surface area contributed by atoms with Crippen LogP contribution in [0.15, 0.2) is 24.3 Å². The Morgan fingerprint density at radius 1 is 1.11 bits per heavy atom. The summed E-state index contributed by atoms with van der Waals surface area (Å²) in [5.74, 6) is 0.0579. The lowest BCUT2D eigenvalue weighted by atomic mass is 10.1. The van der Waals surface area contributed by atoms with Crippen LogP contribution in [0.1, 0.15) is 10.4 Å². The highest BCUT2D eigenvalue weighted by Gasteiger charge is 2.18. The fourth-order valence-electron chi connectivity index (χ4n) is 2.25. The molecule has 1 N–H and O–H groups in total. The molecule has 0 saturated carbocycles. The number of hydrogen-bond donors (Lipinski definition) is 1. The standard InChI is InChI=1S/C13H18BN3O2/c1-15-12(18)10-2-4-11(5-3-10)16-6-8-17(9-7-16)13(14)19/h2-5H,6-9,14H2,1H3,(H,15,18). The predicted octanol–water partition coefficient (Wildman–Crippen LogP) is -0.0787. The van der Waals surface area contributed by atoms with E-state index in [1.54, 1.807) is 14.9 Å². The van der Waals surface area contributed by atoms with Gasteiger partial charge in [-0.25, -0.2) is 0 Å². The molecule has 0 aliphatic carbocycles. The van der Waals surface area contributed by atoms with Gasteiger partial charge in [0.05, 0.1) is 0 Å². The molecule has 1 saturated heterocycles. The number of piperazine rings is 1. The molecule has 100 valence electrons. The van der Waals surface area contributed by atoms with Crippen molar-refractivity contribution >= 4 is 25.2 Å². The van der Waals surface area contributed by atoms with E-state index < -0.39 is 0 Å². The Morgan fingerprint density at radius 2 is 1.68 bits per heavy atom. The zero-order valence-corrected chi connectivity index (χ0v) is 11.3. The Kier molecular flexibility index (Phi) is 4.09. The van der Waals surface area contributed by atoms with E-state index in [0.717, 1.165) is 31.9 Å². The maximum absolute atomic E-state index is 11.5. The van der Waals surface area contributed by atoms with Gasteiger partial charge < -0.3 is 15.1 Å². The van der Waals surface area contributed by atoms with E-state index in [1.807, 2.05) is 29.2 Å². The minimum atomic E-state index is -0.0760. The lowest BCUT2D eigenvalue weighted by Gasteiger charge is -2.36. The number of carbonyl (C=O) groups is 2. The first-order chi connectivity index (χ1) is 9.11. The minimum Gasteiger partial charge on any atom is -0.368 e. The van der Waals surface area contributed by atoms with Gasteiger partial charge >= 0.3 is 0 Å². The van der Waals surface area contributed by atoms with E-state index in [-0.39, 0.29) is 11.7 Å². The van der Waals surface area contributed by atoms with Gasteiger partial charge in [-0.05, 0) is 24.3 Å². The molecule has 0 atom stereocenters. The van der Waals surface area contributed by atoms with Gasteiger partial charge in [0.15, 0.2) is 5.81 Å². The highest BCUT2D eigenvalue weighted by molar-refractivity contribution is 6.56.